The molecule has 1 rings (SSSR count). The highest BCUT2D eigenvalue weighted by Crippen LogP contribution is 2.28. The minimum absolute atomic E-state index is 0.0260. The van der Waals surface area contributed by atoms with Crippen LogP contribution in [0.4, 0.5) is 0 Å². The number of ether oxygens (including phenoxy) is 4. The first-order valence-corrected chi connectivity index (χ1v) is 24.1. The summed E-state index contributed by atoms with van der Waals surface area (Å²) in [6.07, 6.45) is 37.0. The number of allylic oxidation sites excluding steroid dienone is 4. The maximum absolute atomic E-state index is 13.3. The van der Waals surface area contributed by atoms with Gasteiger partial charge in [0.15, 0.2) is 6.29 Å². The number of hydrogen-bond acceptors (Lipinski definition) is 8. The molecule has 0 aromatic heterocycles. The smallest absolute Gasteiger partial charge is 0.306 e. The number of carbonyl (C=O) groups excluding carboxylic acids is 3. The minimum atomic E-state index is -0.598. The molecular formula is C49H90N2O7. The van der Waals surface area contributed by atoms with Crippen LogP contribution in [0, 0.1) is 0 Å². The molecule has 1 fully saturated rings. The van der Waals surface area contributed by atoms with Crippen molar-refractivity contribution in [2.75, 3.05) is 33.9 Å². The molecule has 0 bridgehead atoms. The van der Waals surface area contributed by atoms with Crippen LogP contribution in [-0.4, -0.2) is 81.1 Å². The predicted molar refractivity (Wildman–Crippen MR) is 240 cm³/mol. The average molecular weight is 819 g/mol. The molecule has 338 valence electrons. The van der Waals surface area contributed by atoms with Gasteiger partial charge in [-0.25, -0.2) is 0 Å². The summed E-state index contributed by atoms with van der Waals surface area (Å²) in [5.41, 5.74) is 0. The number of unbranched alkanes of at least 4 members (excludes halogenated alkanes) is 18. The van der Waals surface area contributed by atoms with Gasteiger partial charge in [0, 0.05) is 51.4 Å². The topological polar surface area (TPSA) is 103 Å². The molecule has 1 aliphatic carbocycles. The molecule has 0 spiro atoms. The molecule has 3 unspecified atom stereocenters. The van der Waals surface area contributed by atoms with Gasteiger partial charge >= 0.3 is 11.9 Å². The molecule has 0 aliphatic heterocycles. The Morgan fingerprint density at radius 2 is 1.03 bits per heavy atom. The molecule has 0 heterocycles. The van der Waals surface area contributed by atoms with Crippen LogP contribution in [0.2, 0.25) is 0 Å². The third-order valence-corrected chi connectivity index (χ3v) is 10.9. The lowest BCUT2D eigenvalue weighted by Gasteiger charge is -2.22. The van der Waals surface area contributed by atoms with E-state index in [1.807, 2.05) is 14.1 Å². The van der Waals surface area contributed by atoms with E-state index >= 15 is 0 Å². The number of carbonyl (C=O) groups is 3. The molecule has 0 aromatic carbocycles. The van der Waals surface area contributed by atoms with Crippen LogP contribution in [0.15, 0.2) is 24.3 Å². The van der Waals surface area contributed by atoms with Crippen LogP contribution in [0.1, 0.15) is 213 Å². The molecule has 1 saturated carbocycles. The number of rotatable bonds is 40. The van der Waals surface area contributed by atoms with Crippen molar-refractivity contribution in [3.63, 3.8) is 0 Å². The van der Waals surface area contributed by atoms with Crippen LogP contribution in [0.3, 0.4) is 0 Å². The van der Waals surface area contributed by atoms with Crippen molar-refractivity contribution in [2.45, 2.75) is 238 Å². The van der Waals surface area contributed by atoms with Crippen molar-refractivity contribution in [2.24, 2.45) is 0 Å². The maximum atomic E-state index is 13.3. The van der Waals surface area contributed by atoms with Crippen molar-refractivity contribution < 1.29 is 33.3 Å². The molecule has 0 aromatic rings. The largest absolute Gasteiger partial charge is 0.458 e. The van der Waals surface area contributed by atoms with E-state index in [4.69, 9.17) is 18.9 Å². The Kier molecular flexibility index (Phi) is 36.1. The third kappa shape index (κ3) is 32.6. The summed E-state index contributed by atoms with van der Waals surface area (Å²) in [6.45, 7) is 8.76. The summed E-state index contributed by atoms with van der Waals surface area (Å²) in [4.78, 5) is 41.1. The summed E-state index contributed by atoms with van der Waals surface area (Å²) >= 11 is 0. The molecule has 9 heteroatoms. The number of hydrogen-bond donors (Lipinski definition) is 1. The van der Waals surface area contributed by atoms with Crippen molar-refractivity contribution in [3.8, 4) is 0 Å². The van der Waals surface area contributed by atoms with E-state index in [0.717, 1.165) is 83.6 Å². The second-order valence-electron chi connectivity index (χ2n) is 16.9. The summed E-state index contributed by atoms with van der Waals surface area (Å²) in [7, 11) is 3.99. The summed E-state index contributed by atoms with van der Waals surface area (Å²) < 4.78 is 24.2. The zero-order valence-corrected chi connectivity index (χ0v) is 38.3. The lowest BCUT2D eigenvalue weighted by molar-refractivity contribution is -0.170. The first-order chi connectivity index (χ1) is 28.3. The first-order valence-electron chi connectivity index (χ1n) is 24.1. The van der Waals surface area contributed by atoms with Gasteiger partial charge in [-0.2, -0.15) is 0 Å². The zero-order chi connectivity index (χ0) is 42.3. The fourth-order valence-corrected chi connectivity index (χ4v) is 7.36. The van der Waals surface area contributed by atoms with Crippen LogP contribution >= 0.6 is 0 Å². The Labute approximate surface area is 356 Å². The minimum Gasteiger partial charge on any atom is -0.458 e. The molecule has 9 nitrogen and oxygen atoms in total. The van der Waals surface area contributed by atoms with Gasteiger partial charge in [0.2, 0.25) is 5.91 Å². The molecule has 1 N–H and O–H groups in total. The standard InChI is InChI=1S/C49H90N2O7/c1-6-9-12-15-18-19-20-21-22-23-24-25-26-27-30-35-47(53)57-44-41-43(50-46(52)34-33-38-51(4)5)42-45(44)58-48(54)36-37-49(55-39-31-28-16-13-10-7-2)56-40-32-29-17-14-11-8-3/h18-19,21-22,43-45,49H,6-17,20,23-42H2,1-5H3,(H,50,52)/b19-18-,22-21-. The molecule has 3 atom stereocenters. The summed E-state index contributed by atoms with van der Waals surface area (Å²) in [5, 5.41) is 3.11. The molecule has 0 radical (unpaired) electrons. The van der Waals surface area contributed by atoms with Crippen LogP contribution in [0.5, 0.6) is 0 Å². The van der Waals surface area contributed by atoms with Crippen molar-refractivity contribution in [1.29, 1.82) is 0 Å². The quantitative estimate of drug-likeness (QED) is 0.0282. The van der Waals surface area contributed by atoms with Gasteiger partial charge in [0.1, 0.15) is 12.2 Å². The molecule has 1 amide bonds. The Morgan fingerprint density at radius 1 is 0.569 bits per heavy atom. The van der Waals surface area contributed by atoms with Gasteiger partial charge in [0.05, 0.1) is 6.42 Å². The Bertz CT molecular complexity index is 1030. The highest BCUT2D eigenvalue weighted by molar-refractivity contribution is 5.76. The normalized spacial score (nSPS) is 17.0. The Hall–Kier alpha value is -2.23. The number of nitrogens with zero attached hydrogens (tertiary/aromatic N) is 1. The van der Waals surface area contributed by atoms with Crippen molar-refractivity contribution >= 4 is 17.8 Å². The van der Waals surface area contributed by atoms with Gasteiger partial charge in [-0.3, -0.25) is 14.4 Å². The SMILES string of the molecule is CCCCC/C=C\C/C=C\CCCCCCCC(=O)OC1CC(NC(=O)CCCN(C)C)CC1OC(=O)CCC(OCCCCCCCC)OCCCCCCCC. The van der Waals surface area contributed by atoms with E-state index in [0.29, 0.717) is 45.3 Å². The lowest BCUT2D eigenvalue weighted by Crippen LogP contribution is -2.34. The second kappa shape index (κ2) is 38.9. The molecule has 58 heavy (non-hydrogen) atoms. The van der Waals surface area contributed by atoms with Crippen LogP contribution in [-0.2, 0) is 33.3 Å². The zero-order valence-electron chi connectivity index (χ0n) is 38.3. The Morgan fingerprint density at radius 3 is 1.59 bits per heavy atom. The molecule has 0 saturated heterocycles. The fraction of sp³-hybridized carbons (Fsp3) is 0.857. The van der Waals surface area contributed by atoms with E-state index in [-0.39, 0.29) is 30.3 Å². The molecular weight excluding hydrogens is 729 g/mol. The first kappa shape index (κ1) is 53.8. The van der Waals surface area contributed by atoms with E-state index < -0.39 is 18.5 Å². The van der Waals surface area contributed by atoms with Crippen LogP contribution in [0.25, 0.3) is 0 Å². The van der Waals surface area contributed by atoms with Gasteiger partial charge in [0.25, 0.3) is 0 Å². The van der Waals surface area contributed by atoms with Crippen molar-refractivity contribution in [1.82, 2.24) is 10.2 Å². The van der Waals surface area contributed by atoms with E-state index in [1.165, 1.54) is 77.0 Å². The molecule has 1 aliphatic rings. The summed E-state index contributed by atoms with van der Waals surface area (Å²) in [6, 6.07) is -0.215. The summed E-state index contributed by atoms with van der Waals surface area (Å²) in [5.74, 6) is -0.642. The number of amides is 1. The number of esters is 2. The predicted octanol–water partition coefficient (Wildman–Crippen LogP) is 12.1. The van der Waals surface area contributed by atoms with E-state index in [9.17, 15) is 14.4 Å². The Balaban J connectivity index is 2.60. The monoisotopic (exact) mass is 819 g/mol. The van der Waals surface area contributed by atoms with Crippen LogP contribution < -0.4 is 5.32 Å². The average Bonchev–Trinajstić information content (AvgIpc) is 3.55. The number of nitrogens with one attached hydrogen (secondary N) is 1. The van der Waals surface area contributed by atoms with Gasteiger partial charge < -0.3 is 29.2 Å². The third-order valence-electron chi connectivity index (χ3n) is 10.9. The van der Waals surface area contributed by atoms with Gasteiger partial charge in [-0.05, 0) is 78.4 Å². The van der Waals surface area contributed by atoms with Gasteiger partial charge in [-0.15, -0.1) is 0 Å². The highest BCUT2D eigenvalue weighted by Gasteiger charge is 2.40. The van der Waals surface area contributed by atoms with Crippen molar-refractivity contribution in [3.05, 3.63) is 24.3 Å². The van der Waals surface area contributed by atoms with E-state index in [1.54, 1.807) is 0 Å². The maximum Gasteiger partial charge on any atom is 0.306 e. The van der Waals surface area contributed by atoms with E-state index in [2.05, 4.69) is 55.3 Å². The highest BCUT2D eigenvalue weighted by atomic mass is 16.7. The second-order valence-corrected chi connectivity index (χ2v) is 16.9. The van der Waals surface area contributed by atoms with Gasteiger partial charge in [-0.1, -0.05) is 141 Å². The lowest BCUT2D eigenvalue weighted by atomic mass is 10.1. The fourth-order valence-electron chi connectivity index (χ4n) is 7.36.